The number of carbonyl (C=O) groups excluding carboxylic acids is 1. The summed E-state index contributed by atoms with van der Waals surface area (Å²) in [7, 11) is 0. The number of pyridine rings is 1. The highest BCUT2D eigenvalue weighted by Gasteiger charge is 2.39. The van der Waals surface area contributed by atoms with Gasteiger partial charge in [-0.25, -0.2) is 0 Å². The average Bonchev–Trinajstić information content (AvgIpc) is 2.96. The second-order valence-corrected chi connectivity index (χ2v) is 11.9. The SMILES string of the molecule is CCO/N=C(/c1ccc(Br)cc1)C1CCN(C2(C)CCN(C(=O)c3ccnc4ccc(C)c(O)c34)CC2)CC1. The summed E-state index contributed by atoms with van der Waals surface area (Å²) in [6.45, 7) is 10.1. The molecule has 2 aliphatic heterocycles. The minimum Gasteiger partial charge on any atom is -0.507 e. The van der Waals surface area contributed by atoms with Crippen molar-refractivity contribution in [2.24, 2.45) is 11.1 Å². The van der Waals surface area contributed by atoms with Gasteiger partial charge < -0.3 is 14.8 Å². The molecule has 7 nitrogen and oxygen atoms in total. The first-order chi connectivity index (χ1) is 18.8. The van der Waals surface area contributed by atoms with Crippen LogP contribution < -0.4 is 0 Å². The third kappa shape index (κ3) is 5.68. The third-order valence-corrected chi connectivity index (χ3v) is 9.05. The zero-order valence-electron chi connectivity index (χ0n) is 23.0. The molecule has 0 atom stereocenters. The van der Waals surface area contributed by atoms with Gasteiger partial charge >= 0.3 is 0 Å². The van der Waals surface area contributed by atoms with Crippen LogP contribution in [0.5, 0.6) is 5.75 Å². The van der Waals surface area contributed by atoms with Gasteiger partial charge in [0.1, 0.15) is 12.4 Å². The quantitative estimate of drug-likeness (QED) is 0.274. The van der Waals surface area contributed by atoms with Crippen molar-refractivity contribution in [1.82, 2.24) is 14.8 Å². The summed E-state index contributed by atoms with van der Waals surface area (Å²) in [6, 6.07) is 13.7. The minimum absolute atomic E-state index is 0.0321. The maximum atomic E-state index is 13.6. The molecular weight excluding hydrogens is 556 g/mol. The van der Waals surface area contributed by atoms with Crippen LogP contribution in [0.2, 0.25) is 0 Å². The number of hydrogen-bond acceptors (Lipinski definition) is 6. The summed E-state index contributed by atoms with van der Waals surface area (Å²) in [5.41, 5.74) is 4.12. The Morgan fingerprint density at radius 1 is 1.10 bits per heavy atom. The Bertz CT molecular complexity index is 1360. The minimum atomic E-state index is -0.0321. The first kappa shape index (κ1) is 27.6. The average molecular weight is 594 g/mol. The summed E-state index contributed by atoms with van der Waals surface area (Å²) in [6.07, 6.45) is 5.55. The van der Waals surface area contributed by atoms with Crippen molar-refractivity contribution in [2.75, 3.05) is 32.8 Å². The first-order valence-electron chi connectivity index (χ1n) is 13.9. The van der Waals surface area contributed by atoms with E-state index in [2.05, 4.69) is 62.2 Å². The Kier molecular flexibility index (Phi) is 8.24. The van der Waals surface area contributed by atoms with E-state index >= 15 is 0 Å². The van der Waals surface area contributed by atoms with Gasteiger partial charge in [-0.1, -0.05) is 39.3 Å². The Balaban J connectivity index is 1.24. The number of halogens is 1. The van der Waals surface area contributed by atoms with Gasteiger partial charge in [0.2, 0.25) is 0 Å². The van der Waals surface area contributed by atoms with Crippen LogP contribution in [-0.4, -0.2) is 69.8 Å². The fraction of sp³-hybridized carbons (Fsp3) is 0.452. The number of amides is 1. The molecule has 0 radical (unpaired) electrons. The van der Waals surface area contributed by atoms with E-state index in [1.165, 1.54) is 0 Å². The van der Waals surface area contributed by atoms with E-state index in [1.54, 1.807) is 12.3 Å². The van der Waals surface area contributed by atoms with Gasteiger partial charge in [0.25, 0.3) is 5.91 Å². The maximum absolute atomic E-state index is 13.6. The molecule has 2 fully saturated rings. The fourth-order valence-electron chi connectivity index (χ4n) is 6.00. The summed E-state index contributed by atoms with van der Waals surface area (Å²) < 4.78 is 1.05. The Labute approximate surface area is 239 Å². The number of aromatic nitrogens is 1. The number of carbonyl (C=O) groups is 1. The number of aryl methyl sites for hydroxylation is 1. The highest BCUT2D eigenvalue weighted by atomic mass is 79.9. The molecule has 2 aromatic carbocycles. The normalized spacial score (nSPS) is 18.9. The Morgan fingerprint density at radius 2 is 1.79 bits per heavy atom. The van der Waals surface area contributed by atoms with Crippen molar-refractivity contribution in [3.05, 3.63) is 69.8 Å². The van der Waals surface area contributed by atoms with E-state index in [0.717, 1.165) is 60.1 Å². The molecule has 5 rings (SSSR count). The van der Waals surface area contributed by atoms with E-state index in [-0.39, 0.29) is 17.2 Å². The van der Waals surface area contributed by atoms with Gasteiger partial charge in [0.15, 0.2) is 0 Å². The van der Waals surface area contributed by atoms with Gasteiger partial charge in [-0.05, 0) is 94.9 Å². The monoisotopic (exact) mass is 592 g/mol. The Hall–Kier alpha value is -2.97. The zero-order valence-corrected chi connectivity index (χ0v) is 24.6. The molecule has 2 saturated heterocycles. The summed E-state index contributed by atoms with van der Waals surface area (Å²) in [5, 5.41) is 15.8. The number of benzene rings is 2. The molecule has 1 amide bonds. The van der Waals surface area contributed by atoms with Crippen LogP contribution in [0.15, 0.2) is 58.3 Å². The van der Waals surface area contributed by atoms with Gasteiger partial charge in [-0.15, -0.1) is 0 Å². The van der Waals surface area contributed by atoms with E-state index in [0.29, 0.717) is 42.1 Å². The molecule has 2 aliphatic rings. The number of oxime groups is 1. The highest BCUT2D eigenvalue weighted by Crippen LogP contribution is 2.36. The number of phenolic OH excluding ortho intramolecular Hbond substituents is 1. The van der Waals surface area contributed by atoms with Crippen LogP contribution in [0.25, 0.3) is 10.9 Å². The molecule has 0 bridgehead atoms. The zero-order chi connectivity index (χ0) is 27.6. The molecule has 0 unspecified atom stereocenters. The van der Waals surface area contributed by atoms with Gasteiger partial charge in [-0.2, -0.15) is 0 Å². The Morgan fingerprint density at radius 3 is 2.46 bits per heavy atom. The van der Waals surface area contributed by atoms with Crippen LogP contribution in [0.3, 0.4) is 0 Å². The number of likely N-dealkylation sites (tertiary alicyclic amines) is 2. The van der Waals surface area contributed by atoms with Crippen LogP contribution >= 0.6 is 15.9 Å². The first-order valence-corrected chi connectivity index (χ1v) is 14.7. The van der Waals surface area contributed by atoms with Crippen molar-refractivity contribution in [2.45, 2.75) is 52.0 Å². The predicted molar refractivity (Wildman–Crippen MR) is 158 cm³/mol. The van der Waals surface area contributed by atoms with Crippen LogP contribution in [0, 0.1) is 12.8 Å². The highest BCUT2D eigenvalue weighted by molar-refractivity contribution is 9.10. The molecule has 39 heavy (non-hydrogen) atoms. The van der Waals surface area contributed by atoms with Crippen molar-refractivity contribution < 1.29 is 14.7 Å². The third-order valence-electron chi connectivity index (χ3n) is 8.52. The van der Waals surface area contributed by atoms with Crippen LogP contribution in [0.1, 0.15) is 61.0 Å². The number of rotatable bonds is 6. The molecule has 0 saturated carbocycles. The largest absolute Gasteiger partial charge is 0.507 e. The van der Waals surface area contributed by atoms with E-state index in [4.69, 9.17) is 4.84 Å². The van der Waals surface area contributed by atoms with Gasteiger partial charge in [-0.3, -0.25) is 14.7 Å². The van der Waals surface area contributed by atoms with Gasteiger partial charge in [0.05, 0.1) is 22.2 Å². The van der Waals surface area contributed by atoms with Crippen molar-refractivity contribution in [3.8, 4) is 5.75 Å². The van der Waals surface area contributed by atoms with Crippen LogP contribution in [-0.2, 0) is 4.84 Å². The molecule has 8 heteroatoms. The molecule has 206 valence electrons. The second kappa shape index (κ2) is 11.6. The van der Waals surface area contributed by atoms with Gasteiger partial charge in [0, 0.05) is 35.2 Å². The number of nitrogens with zero attached hydrogens (tertiary/aromatic N) is 4. The van der Waals surface area contributed by atoms with Crippen molar-refractivity contribution >= 4 is 38.5 Å². The molecule has 1 aromatic heterocycles. The smallest absolute Gasteiger partial charge is 0.254 e. The summed E-state index contributed by atoms with van der Waals surface area (Å²) in [5.74, 6) is 0.467. The standard InChI is InChI=1S/C31H37BrN4O3/c1-4-39-34-28(22-6-8-24(32)9-7-22)23-12-17-36(18-13-23)31(3)14-19-35(20-15-31)30(38)25-11-16-33-26-10-5-21(2)29(37)27(25)26/h5-11,16,23,37H,4,12-15,17-20H2,1-3H3/b34-28-. The topological polar surface area (TPSA) is 78.3 Å². The summed E-state index contributed by atoms with van der Waals surface area (Å²) >= 11 is 3.53. The molecule has 3 aromatic rings. The summed E-state index contributed by atoms with van der Waals surface area (Å²) in [4.78, 5) is 28.0. The van der Waals surface area contributed by atoms with Crippen LogP contribution in [0.4, 0.5) is 0 Å². The number of phenols is 1. The lowest BCUT2D eigenvalue weighted by molar-refractivity contribution is 0.0162. The van der Waals surface area contributed by atoms with E-state index in [9.17, 15) is 9.90 Å². The van der Waals surface area contributed by atoms with Crippen molar-refractivity contribution in [1.29, 1.82) is 0 Å². The van der Waals surface area contributed by atoms with Crippen molar-refractivity contribution in [3.63, 3.8) is 0 Å². The number of hydrogen-bond donors (Lipinski definition) is 1. The van der Waals surface area contributed by atoms with E-state index < -0.39 is 0 Å². The molecule has 0 aliphatic carbocycles. The lowest BCUT2D eigenvalue weighted by Gasteiger charge is -2.49. The number of aromatic hydroxyl groups is 1. The molecule has 0 spiro atoms. The maximum Gasteiger partial charge on any atom is 0.254 e. The predicted octanol–water partition coefficient (Wildman–Crippen LogP) is 6.16. The lowest BCUT2D eigenvalue weighted by atomic mass is 9.82. The lowest BCUT2D eigenvalue weighted by Crippen LogP contribution is -2.56. The number of piperidine rings is 2. The molecular formula is C31H37BrN4O3. The molecule has 1 N–H and O–H groups in total. The number of fused-ring (bicyclic) bond motifs is 1. The molecule has 3 heterocycles. The second-order valence-electron chi connectivity index (χ2n) is 10.9. The van der Waals surface area contributed by atoms with E-state index in [1.807, 2.05) is 30.9 Å². The fourth-order valence-corrected chi connectivity index (χ4v) is 6.26.